The number of aromatic nitrogens is 2. The zero-order valence-electron chi connectivity index (χ0n) is 9.57. The lowest BCUT2D eigenvalue weighted by molar-refractivity contribution is 0.505. The molecule has 0 aliphatic heterocycles. The van der Waals surface area contributed by atoms with E-state index in [1.54, 1.807) is 18.2 Å². The van der Waals surface area contributed by atoms with Gasteiger partial charge in [-0.05, 0) is 30.3 Å². The van der Waals surface area contributed by atoms with Crippen molar-refractivity contribution in [1.29, 1.82) is 0 Å². The lowest BCUT2D eigenvalue weighted by Gasteiger charge is -2.08. The first-order valence-electron chi connectivity index (χ1n) is 5.46. The zero-order valence-corrected chi connectivity index (χ0v) is 11.2. The van der Waals surface area contributed by atoms with Crippen molar-refractivity contribution in [2.24, 2.45) is 0 Å². The Balaban J connectivity index is 2.36. The molecule has 3 rings (SSSR count). The number of nitrogens with two attached hydrogens (primary N) is 1. The topological polar surface area (TPSA) is 43.8 Å². The van der Waals surface area contributed by atoms with Crippen molar-refractivity contribution in [3.63, 3.8) is 0 Å². The predicted molar refractivity (Wildman–Crippen MR) is 73.1 cm³/mol. The number of hydrogen-bond donors (Lipinski definition) is 1. The average molecular weight is 324 g/mol. The summed E-state index contributed by atoms with van der Waals surface area (Å²) in [6, 6.07) is 9.24. The van der Waals surface area contributed by atoms with Crippen LogP contribution in [0.3, 0.4) is 0 Å². The molecule has 0 amide bonds. The zero-order chi connectivity index (χ0) is 13.6. The Hall–Kier alpha value is -1.95. The lowest BCUT2D eigenvalue weighted by Crippen LogP contribution is -2.04. The Morgan fingerprint density at radius 2 is 1.95 bits per heavy atom. The van der Waals surface area contributed by atoms with Gasteiger partial charge in [0.25, 0.3) is 0 Å². The Labute approximate surface area is 115 Å². The molecule has 6 heteroatoms. The van der Waals surface area contributed by atoms with Gasteiger partial charge in [0.1, 0.15) is 0 Å². The number of halogens is 3. The van der Waals surface area contributed by atoms with Gasteiger partial charge in [-0.3, -0.25) is 4.57 Å². The molecular weight excluding hydrogens is 316 g/mol. The second kappa shape index (κ2) is 4.31. The van der Waals surface area contributed by atoms with E-state index in [4.69, 9.17) is 5.73 Å². The third-order valence-corrected chi connectivity index (χ3v) is 3.31. The molecule has 1 heterocycles. The summed E-state index contributed by atoms with van der Waals surface area (Å²) in [6.07, 6.45) is 0. The predicted octanol–water partition coefficient (Wildman–Crippen LogP) is 3.65. The van der Waals surface area contributed by atoms with Crippen LogP contribution in [-0.2, 0) is 0 Å². The Kier molecular flexibility index (Phi) is 2.74. The first kappa shape index (κ1) is 12.1. The Morgan fingerprint density at radius 1 is 1.16 bits per heavy atom. The van der Waals surface area contributed by atoms with Crippen LogP contribution in [0.1, 0.15) is 0 Å². The summed E-state index contributed by atoms with van der Waals surface area (Å²) in [6.45, 7) is 0. The van der Waals surface area contributed by atoms with Crippen molar-refractivity contribution in [2.45, 2.75) is 0 Å². The van der Waals surface area contributed by atoms with Gasteiger partial charge in [-0.25, -0.2) is 13.8 Å². The number of anilines is 1. The van der Waals surface area contributed by atoms with Crippen molar-refractivity contribution in [3.8, 4) is 5.69 Å². The van der Waals surface area contributed by atoms with Crippen LogP contribution in [0.15, 0.2) is 40.9 Å². The Morgan fingerprint density at radius 3 is 2.74 bits per heavy atom. The van der Waals surface area contributed by atoms with Crippen molar-refractivity contribution >= 4 is 32.9 Å². The molecule has 2 aromatic carbocycles. The van der Waals surface area contributed by atoms with Crippen LogP contribution in [0.25, 0.3) is 16.7 Å². The number of nitrogen functional groups attached to an aromatic ring is 1. The minimum absolute atomic E-state index is 0.0438. The summed E-state index contributed by atoms with van der Waals surface area (Å²) < 4.78 is 29.4. The molecule has 0 unspecified atom stereocenters. The van der Waals surface area contributed by atoms with E-state index in [1.165, 1.54) is 16.7 Å². The number of hydrogen-bond acceptors (Lipinski definition) is 2. The Bertz CT molecular complexity index is 783. The summed E-state index contributed by atoms with van der Waals surface area (Å²) in [5.74, 6) is -1.76. The molecule has 19 heavy (non-hydrogen) atoms. The second-order valence-corrected chi connectivity index (χ2v) is 4.93. The molecule has 3 nitrogen and oxygen atoms in total. The van der Waals surface area contributed by atoms with E-state index in [9.17, 15) is 8.78 Å². The molecule has 1 aromatic heterocycles. The quantitative estimate of drug-likeness (QED) is 0.742. The third kappa shape index (κ3) is 1.88. The summed E-state index contributed by atoms with van der Waals surface area (Å²) in [4.78, 5) is 4.14. The molecule has 0 fully saturated rings. The number of imidazole rings is 1. The number of fused-ring (bicyclic) bond motifs is 1. The minimum Gasteiger partial charge on any atom is -0.369 e. The van der Waals surface area contributed by atoms with Gasteiger partial charge in [-0.2, -0.15) is 0 Å². The highest BCUT2D eigenvalue weighted by molar-refractivity contribution is 9.10. The van der Waals surface area contributed by atoms with E-state index in [2.05, 4.69) is 20.9 Å². The van der Waals surface area contributed by atoms with Crippen LogP contribution in [0, 0.1) is 11.6 Å². The lowest BCUT2D eigenvalue weighted by atomic mass is 10.2. The van der Waals surface area contributed by atoms with Crippen molar-refractivity contribution < 1.29 is 8.78 Å². The monoisotopic (exact) mass is 323 g/mol. The molecule has 96 valence electrons. The fraction of sp³-hybridized carbons (Fsp3) is 0. The minimum atomic E-state index is -0.948. The summed E-state index contributed by atoms with van der Waals surface area (Å²) in [5, 5.41) is 0. The molecule has 0 saturated carbocycles. The summed E-state index contributed by atoms with van der Waals surface area (Å²) in [7, 11) is 0. The standard InChI is InChI=1S/C13H8BrF2N3/c14-7-4-5-10-9(6-7)18-13(17)19(10)11-3-1-2-8(15)12(11)16/h1-6H,(H2,17,18). The van der Waals surface area contributed by atoms with Crippen molar-refractivity contribution in [2.75, 3.05) is 5.73 Å². The number of rotatable bonds is 1. The van der Waals surface area contributed by atoms with Gasteiger partial charge < -0.3 is 5.73 Å². The highest BCUT2D eigenvalue weighted by atomic mass is 79.9. The van der Waals surface area contributed by atoms with Crippen LogP contribution >= 0.6 is 15.9 Å². The largest absolute Gasteiger partial charge is 0.369 e. The van der Waals surface area contributed by atoms with Gasteiger partial charge in [0.15, 0.2) is 11.6 Å². The SMILES string of the molecule is Nc1nc2cc(Br)ccc2n1-c1cccc(F)c1F. The molecule has 0 aliphatic rings. The van der Waals surface area contributed by atoms with Crippen molar-refractivity contribution in [3.05, 3.63) is 52.5 Å². The van der Waals surface area contributed by atoms with E-state index in [1.807, 2.05) is 0 Å². The van der Waals surface area contributed by atoms with E-state index in [0.29, 0.717) is 11.0 Å². The maximum absolute atomic E-state index is 13.9. The normalized spacial score (nSPS) is 11.1. The maximum Gasteiger partial charge on any atom is 0.206 e. The van der Waals surface area contributed by atoms with Gasteiger partial charge in [0.2, 0.25) is 5.95 Å². The van der Waals surface area contributed by atoms with Gasteiger partial charge in [-0.1, -0.05) is 22.0 Å². The van der Waals surface area contributed by atoms with Crippen LogP contribution in [0.4, 0.5) is 14.7 Å². The molecule has 2 N–H and O–H groups in total. The fourth-order valence-corrected chi connectivity index (χ4v) is 2.34. The van der Waals surface area contributed by atoms with Crippen LogP contribution < -0.4 is 5.73 Å². The van der Waals surface area contributed by atoms with Crippen LogP contribution in [0.5, 0.6) is 0 Å². The molecule has 0 radical (unpaired) electrons. The van der Waals surface area contributed by atoms with Gasteiger partial charge in [-0.15, -0.1) is 0 Å². The van der Waals surface area contributed by atoms with Gasteiger partial charge >= 0.3 is 0 Å². The van der Waals surface area contributed by atoms with E-state index in [0.717, 1.165) is 10.5 Å². The number of benzene rings is 2. The maximum atomic E-state index is 13.9. The second-order valence-electron chi connectivity index (χ2n) is 4.01. The van der Waals surface area contributed by atoms with Crippen LogP contribution in [0.2, 0.25) is 0 Å². The van der Waals surface area contributed by atoms with E-state index >= 15 is 0 Å². The first-order valence-corrected chi connectivity index (χ1v) is 6.25. The fourth-order valence-electron chi connectivity index (χ4n) is 1.99. The van der Waals surface area contributed by atoms with E-state index < -0.39 is 11.6 Å². The molecule has 0 saturated heterocycles. The van der Waals surface area contributed by atoms with Gasteiger partial charge in [0, 0.05) is 4.47 Å². The smallest absolute Gasteiger partial charge is 0.206 e. The third-order valence-electron chi connectivity index (χ3n) is 2.81. The molecular formula is C13H8BrF2N3. The molecule has 0 bridgehead atoms. The first-order chi connectivity index (χ1) is 9.08. The van der Waals surface area contributed by atoms with Crippen LogP contribution in [-0.4, -0.2) is 9.55 Å². The molecule has 0 atom stereocenters. The summed E-state index contributed by atoms with van der Waals surface area (Å²) in [5.41, 5.74) is 7.07. The van der Waals surface area contributed by atoms with E-state index in [-0.39, 0.29) is 11.6 Å². The van der Waals surface area contributed by atoms with Gasteiger partial charge in [0.05, 0.1) is 16.7 Å². The molecule has 0 spiro atoms. The van der Waals surface area contributed by atoms with Crippen molar-refractivity contribution in [1.82, 2.24) is 9.55 Å². The molecule has 3 aromatic rings. The highest BCUT2D eigenvalue weighted by Crippen LogP contribution is 2.27. The summed E-state index contributed by atoms with van der Waals surface area (Å²) >= 11 is 3.32. The highest BCUT2D eigenvalue weighted by Gasteiger charge is 2.15. The average Bonchev–Trinajstić information content (AvgIpc) is 2.68. The number of nitrogens with zero attached hydrogens (tertiary/aromatic N) is 2. The molecule has 0 aliphatic carbocycles.